The third kappa shape index (κ3) is 3.55. The molecule has 0 amide bonds. The van der Waals surface area contributed by atoms with Gasteiger partial charge < -0.3 is 19.5 Å². The van der Waals surface area contributed by atoms with Gasteiger partial charge in [-0.05, 0) is 19.4 Å². The van der Waals surface area contributed by atoms with Gasteiger partial charge in [0.05, 0.1) is 12.0 Å². The zero-order valence-corrected chi connectivity index (χ0v) is 9.45. The minimum absolute atomic E-state index is 0.209. The van der Waals surface area contributed by atoms with Crippen molar-refractivity contribution < 1.29 is 14.6 Å². The van der Waals surface area contributed by atoms with Crippen molar-refractivity contribution in [3.8, 4) is 0 Å². The molecule has 1 unspecified atom stereocenters. The topological polar surface area (TPSA) is 49.8 Å². The monoisotopic (exact) mass is 215 g/mol. The van der Waals surface area contributed by atoms with Crippen LogP contribution in [0, 0.1) is 5.41 Å². The highest BCUT2D eigenvalue weighted by atomic mass is 16.5. The maximum absolute atomic E-state index is 11.1. The molecule has 0 aromatic carbocycles. The molecule has 1 aliphatic heterocycles. The van der Waals surface area contributed by atoms with Crippen molar-refractivity contribution in [2.45, 2.75) is 19.8 Å². The van der Waals surface area contributed by atoms with E-state index >= 15 is 0 Å². The SMILES string of the molecule is CCN(CCCO)CC1(C=O)CCOC1. The Bertz CT molecular complexity index is 190. The summed E-state index contributed by atoms with van der Waals surface area (Å²) in [6.45, 7) is 6.04. The highest BCUT2D eigenvalue weighted by Gasteiger charge is 2.35. The van der Waals surface area contributed by atoms with E-state index in [2.05, 4.69) is 11.8 Å². The number of carbonyl (C=O) groups is 1. The van der Waals surface area contributed by atoms with Gasteiger partial charge in [0.2, 0.25) is 0 Å². The van der Waals surface area contributed by atoms with Gasteiger partial charge in [-0.25, -0.2) is 0 Å². The van der Waals surface area contributed by atoms with Crippen molar-refractivity contribution in [2.75, 3.05) is 39.5 Å². The van der Waals surface area contributed by atoms with Gasteiger partial charge in [-0.2, -0.15) is 0 Å². The Kier molecular flexibility index (Phi) is 5.22. The minimum Gasteiger partial charge on any atom is -0.396 e. The Morgan fingerprint density at radius 2 is 2.40 bits per heavy atom. The van der Waals surface area contributed by atoms with Gasteiger partial charge in [0.15, 0.2) is 0 Å². The van der Waals surface area contributed by atoms with E-state index < -0.39 is 0 Å². The molecule has 0 aliphatic carbocycles. The van der Waals surface area contributed by atoms with Crippen LogP contribution in [0.4, 0.5) is 0 Å². The number of hydrogen-bond donors (Lipinski definition) is 1. The smallest absolute Gasteiger partial charge is 0.129 e. The van der Waals surface area contributed by atoms with Gasteiger partial charge in [-0.15, -0.1) is 0 Å². The van der Waals surface area contributed by atoms with Gasteiger partial charge in [0, 0.05) is 26.3 Å². The van der Waals surface area contributed by atoms with Crippen LogP contribution in [0.5, 0.6) is 0 Å². The van der Waals surface area contributed by atoms with Crippen LogP contribution in [-0.4, -0.2) is 55.7 Å². The lowest BCUT2D eigenvalue weighted by Crippen LogP contribution is -2.40. The summed E-state index contributed by atoms with van der Waals surface area (Å²) in [5, 5.41) is 8.77. The lowest BCUT2D eigenvalue weighted by atomic mass is 9.88. The quantitative estimate of drug-likeness (QED) is 0.620. The summed E-state index contributed by atoms with van der Waals surface area (Å²) in [7, 11) is 0. The summed E-state index contributed by atoms with van der Waals surface area (Å²) < 4.78 is 5.29. The maximum Gasteiger partial charge on any atom is 0.129 e. The molecule has 0 radical (unpaired) electrons. The third-order valence-corrected chi connectivity index (χ3v) is 3.00. The first-order valence-electron chi connectivity index (χ1n) is 5.63. The van der Waals surface area contributed by atoms with Crippen molar-refractivity contribution in [1.29, 1.82) is 0 Å². The molecule has 1 heterocycles. The lowest BCUT2D eigenvalue weighted by Gasteiger charge is -2.29. The van der Waals surface area contributed by atoms with Crippen molar-refractivity contribution in [3.63, 3.8) is 0 Å². The molecule has 1 rings (SSSR count). The van der Waals surface area contributed by atoms with E-state index in [-0.39, 0.29) is 12.0 Å². The Balaban J connectivity index is 2.44. The largest absolute Gasteiger partial charge is 0.396 e. The Morgan fingerprint density at radius 1 is 1.60 bits per heavy atom. The van der Waals surface area contributed by atoms with Crippen LogP contribution in [0.15, 0.2) is 0 Å². The van der Waals surface area contributed by atoms with Crippen LogP contribution in [0.3, 0.4) is 0 Å². The molecular weight excluding hydrogens is 194 g/mol. The Hall–Kier alpha value is -0.450. The standard InChI is InChI=1S/C11H21NO3/c1-2-12(5-3-6-13)8-11(9-14)4-7-15-10-11/h9,13H,2-8,10H2,1H3. The van der Waals surface area contributed by atoms with E-state index in [0.717, 1.165) is 38.8 Å². The van der Waals surface area contributed by atoms with Crippen molar-refractivity contribution in [1.82, 2.24) is 4.90 Å². The van der Waals surface area contributed by atoms with Gasteiger partial charge >= 0.3 is 0 Å². The molecule has 15 heavy (non-hydrogen) atoms. The van der Waals surface area contributed by atoms with Crippen LogP contribution >= 0.6 is 0 Å². The van der Waals surface area contributed by atoms with E-state index in [9.17, 15) is 4.79 Å². The molecule has 1 aliphatic rings. The average molecular weight is 215 g/mol. The second kappa shape index (κ2) is 6.20. The van der Waals surface area contributed by atoms with E-state index in [1.807, 2.05) is 0 Å². The summed E-state index contributed by atoms with van der Waals surface area (Å²) in [5.74, 6) is 0. The maximum atomic E-state index is 11.1. The molecule has 4 heteroatoms. The summed E-state index contributed by atoms with van der Waals surface area (Å²) in [4.78, 5) is 13.3. The van der Waals surface area contributed by atoms with E-state index in [1.54, 1.807) is 0 Å². The zero-order valence-electron chi connectivity index (χ0n) is 9.45. The number of aliphatic hydroxyl groups excluding tert-OH is 1. The van der Waals surface area contributed by atoms with Crippen LogP contribution in [0.2, 0.25) is 0 Å². The Labute approximate surface area is 91.2 Å². The highest BCUT2D eigenvalue weighted by molar-refractivity contribution is 5.60. The zero-order chi connectivity index (χ0) is 11.1. The van der Waals surface area contributed by atoms with Crippen LogP contribution < -0.4 is 0 Å². The van der Waals surface area contributed by atoms with Crippen molar-refractivity contribution in [2.24, 2.45) is 5.41 Å². The number of nitrogens with zero attached hydrogens (tertiary/aromatic N) is 1. The number of aliphatic hydroxyl groups is 1. The molecule has 1 N–H and O–H groups in total. The van der Waals surface area contributed by atoms with Crippen molar-refractivity contribution in [3.05, 3.63) is 0 Å². The molecule has 4 nitrogen and oxygen atoms in total. The fourth-order valence-corrected chi connectivity index (χ4v) is 1.97. The molecule has 0 bridgehead atoms. The lowest BCUT2D eigenvalue weighted by molar-refractivity contribution is -0.117. The van der Waals surface area contributed by atoms with Crippen LogP contribution in [-0.2, 0) is 9.53 Å². The number of aldehydes is 1. The normalized spacial score (nSPS) is 26.1. The number of ether oxygens (including phenoxy) is 1. The summed E-state index contributed by atoms with van der Waals surface area (Å²) in [5.41, 5.74) is -0.300. The second-order valence-electron chi connectivity index (χ2n) is 4.23. The summed E-state index contributed by atoms with van der Waals surface area (Å²) in [6, 6.07) is 0. The molecule has 0 saturated carbocycles. The van der Waals surface area contributed by atoms with Gasteiger partial charge in [0.25, 0.3) is 0 Å². The first-order valence-corrected chi connectivity index (χ1v) is 5.63. The molecular formula is C11H21NO3. The molecule has 88 valence electrons. The van der Waals surface area contributed by atoms with Crippen molar-refractivity contribution >= 4 is 6.29 Å². The number of hydrogen-bond acceptors (Lipinski definition) is 4. The van der Waals surface area contributed by atoms with Gasteiger partial charge in [-0.1, -0.05) is 6.92 Å². The molecule has 0 aromatic rings. The predicted molar refractivity (Wildman–Crippen MR) is 57.7 cm³/mol. The first-order chi connectivity index (χ1) is 7.26. The Morgan fingerprint density at radius 3 is 2.87 bits per heavy atom. The van der Waals surface area contributed by atoms with Crippen LogP contribution in [0.25, 0.3) is 0 Å². The van der Waals surface area contributed by atoms with E-state index in [1.165, 1.54) is 0 Å². The molecule has 1 fully saturated rings. The molecule has 0 spiro atoms. The fraction of sp³-hybridized carbons (Fsp3) is 0.909. The summed E-state index contributed by atoms with van der Waals surface area (Å²) in [6.07, 6.45) is 2.64. The number of carbonyl (C=O) groups excluding carboxylic acids is 1. The molecule has 1 atom stereocenters. The van der Waals surface area contributed by atoms with Gasteiger partial charge in [0.1, 0.15) is 6.29 Å². The van der Waals surface area contributed by atoms with Gasteiger partial charge in [-0.3, -0.25) is 0 Å². The van der Waals surface area contributed by atoms with E-state index in [0.29, 0.717) is 13.2 Å². The summed E-state index contributed by atoms with van der Waals surface area (Å²) >= 11 is 0. The average Bonchev–Trinajstić information content (AvgIpc) is 2.73. The first kappa shape index (κ1) is 12.6. The minimum atomic E-state index is -0.300. The second-order valence-corrected chi connectivity index (χ2v) is 4.23. The molecule has 0 aromatic heterocycles. The van der Waals surface area contributed by atoms with E-state index in [4.69, 9.17) is 9.84 Å². The highest BCUT2D eigenvalue weighted by Crippen LogP contribution is 2.27. The number of rotatable bonds is 7. The van der Waals surface area contributed by atoms with Crippen LogP contribution in [0.1, 0.15) is 19.8 Å². The molecule has 1 saturated heterocycles. The fourth-order valence-electron chi connectivity index (χ4n) is 1.97. The predicted octanol–water partition coefficient (Wildman–Crippen LogP) is 0.296. The third-order valence-electron chi connectivity index (χ3n) is 3.00.